The molecule has 1 aromatic heterocycles. The molecule has 0 atom stereocenters. The van der Waals surface area contributed by atoms with Crippen LogP contribution in [-0.4, -0.2) is 7.11 Å². The largest absolute Gasteiger partial charge is 0.497 e. The van der Waals surface area contributed by atoms with Gasteiger partial charge in [-0.05, 0) is 30.7 Å². The molecule has 0 fully saturated rings. The van der Waals surface area contributed by atoms with E-state index in [1.165, 1.54) is 51.4 Å². The van der Waals surface area contributed by atoms with Crippen molar-refractivity contribution in [3.05, 3.63) is 59.9 Å². The highest BCUT2D eigenvalue weighted by Gasteiger charge is 2.00. The lowest BCUT2D eigenvalue weighted by Crippen LogP contribution is -2.32. The summed E-state index contributed by atoms with van der Waals surface area (Å²) in [6, 6.07) is 12.0. The number of aromatic nitrogens is 1. The first-order valence-electron chi connectivity index (χ1n) is 9.97. The van der Waals surface area contributed by atoms with Crippen LogP contribution in [0.5, 0.6) is 5.75 Å². The van der Waals surface area contributed by atoms with E-state index >= 15 is 0 Å². The van der Waals surface area contributed by atoms with E-state index < -0.39 is 0 Å². The Morgan fingerprint density at radius 3 is 1.85 bits per heavy atom. The summed E-state index contributed by atoms with van der Waals surface area (Å²) in [6.07, 6.45) is 15.2. The van der Waals surface area contributed by atoms with Crippen molar-refractivity contribution in [2.24, 2.45) is 0 Å². The van der Waals surface area contributed by atoms with Crippen LogP contribution < -0.4 is 9.30 Å². The monoisotopic (exact) mass is 350 g/mol. The van der Waals surface area contributed by atoms with Crippen LogP contribution in [0.3, 0.4) is 0 Å². The van der Waals surface area contributed by atoms with Gasteiger partial charge in [-0.3, -0.25) is 0 Å². The zero-order chi connectivity index (χ0) is 18.5. The number of unbranched alkanes of at least 4 members (excludes halogenated alkanes) is 7. The smallest absolute Gasteiger partial charge is 0.170 e. The molecule has 1 aromatic carbocycles. The first-order chi connectivity index (χ1) is 12.8. The molecule has 0 bridgehead atoms. The van der Waals surface area contributed by atoms with Gasteiger partial charge in [-0.25, -0.2) is 4.57 Å². The average molecular weight is 351 g/mol. The predicted octanol–water partition coefficient (Wildman–Crippen LogP) is 5.52. The summed E-state index contributed by atoms with van der Waals surface area (Å²) >= 11 is 0. The molecule has 2 nitrogen and oxygen atoms in total. The highest BCUT2D eigenvalue weighted by Crippen LogP contribution is 2.10. The van der Waals surface area contributed by atoms with E-state index in [1.54, 1.807) is 7.11 Å². The van der Waals surface area contributed by atoms with Crippen molar-refractivity contribution in [3.63, 3.8) is 0 Å². The third kappa shape index (κ3) is 7.74. The number of nitrogens with zero attached hydrogens (tertiary/aromatic N) is 1. The molecular weight excluding hydrogens is 318 g/mol. The Balaban J connectivity index is 1.70. The summed E-state index contributed by atoms with van der Waals surface area (Å²) in [7, 11) is 1.67. The Morgan fingerprint density at radius 2 is 1.27 bits per heavy atom. The molecule has 138 valence electrons. The number of methoxy groups -OCH3 is 1. The summed E-state index contributed by atoms with van der Waals surface area (Å²) in [4.78, 5) is 0. The van der Waals surface area contributed by atoms with Gasteiger partial charge >= 0.3 is 0 Å². The highest BCUT2D eigenvalue weighted by molar-refractivity contribution is 5.43. The van der Waals surface area contributed by atoms with Crippen LogP contribution in [0.25, 0.3) is 0 Å². The van der Waals surface area contributed by atoms with Crippen LogP contribution in [-0.2, 0) is 6.54 Å². The zero-order valence-corrected chi connectivity index (χ0v) is 16.3. The third-order valence-corrected chi connectivity index (χ3v) is 4.60. The summed E-state index contributed by atoms with van der Waals surface area (Å²) < 4.78 is 7.42. The van der Waals surface area contributed by atoms with Crippen molar-refractivity contribution >= 4 is 0 Å². The molecule has 2 aromatic rings. The van der Waals surface area contributed by atoms with Gasteiger partial charge in [0, 0.05) is 29.7 Å². The molecule has 0 unspecified atom stereocenters. The van der Waals surface area contributed by atoms with E-state index in [0.29, 0.717) is 0 Å². The fraction of sp³-hybridized carbons (Fsp3) is 0.458. The number of hydrogen-bond acceptors (Lipinski definition) is 1. The third-order valence-electron chi connectivity index (χ3n) is 4.60. The number of pyridine rings is 1. The molecule has 0 aliphatic carbocycles. The topological polar surface area (TPSA) is 13.1 Å². The van der Waals surface area contributed by atoms with Gasteiger partial charge in [-0.15, -0.1) is 0 Å². The first-order valence-corrected chi connectivity index (χ1v) is 9.97. The molecular formula is C24H32NO+. The molecule has 26 heavy (non-hydrogen) atoms. The average Bonchev–Trinajstić information content (AvgIpc) is 2.69. The van der Waals surface area contributed by atoms with Gasteiger partial charge in [-0.2, -0.15) is 0 Å². The van der Waals surface area contributed by atoms with Crippen LogP contribution in [0, 0.1) is 11.8 Å². The second kappa shape index (κ2) is 12.1. The lowest BCUT2D eigenvalue weighted by atomic mass is 10.1. The van der Waals surface area contributed by atoms with Crippen LogP contribution in [0.1, 0.15) is 69.4 Å². The number of aryl methyl sites for hydroxylation is 1. The Bertz CT molecular complexity index is 677. The molecule has 2 heteroatoms. The molecule has 0 amide bonds. The molecule has 0 N–H and O–H groups in total. The Labute approximate surface area is 159 Å². The van der Waals surface area contributed by atoms with Gasteiger partial charge in [0.05, 0.1) is 7.11 Å². The van der Waals surface area contributed by atoms with Crippen molar-refractivity contribution in [3.8, 4) is 17.6 Å². The second-order valence-electron chi connectivity index (χ2n) is 6.78. The van der Waals surface area contributed by atoms with Gasteiger partial charge in [0.15, 0.2) is 12.4 Å². The second-order valence-corrected chi connectivity index (χ2v) is 6.78. The maximum atomic E-state index is 5.16. The number of hydrogen-bond donors (Lipinski definition) is 0. The maximum absolute atomic E-state index is 5.16. The minimum Gasteiger partial charge on any atom is -0.497 e. The van der Waals surface area contributed by atoms with Gasteiger partial charge in [0.25, 0.3) is 0 Å². The normalized spacial score (nSPS) is 10.2. The SMILES string of the molecule is CCCCCCCCCC[n+]1ccc(C#Cc2ccc(OC)cc2)cc1. The molecule has 0 saturated carbocycles. The fourth-order valence-electron chi connectivity index (χ4n) is 2.94. The van der Waals surface area contributed by atoms with E-state index in [-0.39, 0.29) is 0 Å². The van der Waals surface area contributed by atoms with E-state index in [9.17, 15) is 0 Å². The van der Waals surface area contributed by atoms with E-state index in [4.69, 9.17) is 4.74 Å². The quantitative estimate of drug-likeness (QED) is 0.312. The Kier molecular flexibility index (Phi) is 9.36. The van der Waals surface area contributed by atoms with E-state index in [1.807, 2.05) is 24.3 Å². The Hall–Kier alpha value is -2.27. The van der Waals surface area contributed by atoms with Gasteiger partial charge in [-0.1, -0.05) is 57.3 Å². The summed E-state index contributed by atoms with van der Waals surface area (Å²) in [5.74, 6) is 7.28. The molecule has 0 aliphatic heterocycles. The minimum atomic E-state index is 0.859. The fourth-order valence-corrected chi connectivity index (χ4v) is 2.94. The maximum Gasteiger partial charge on any atom is 0.170 e. The standard InChI is InChI=1S/C24H32NO/c1-3-4-5-6-7-8-9-10-19-25-20-17-23(18-21-25)12-11-22-13-15-24(26-2)16-14-22/h13-18,20-21H,3-10,19H2,1-2H3/q+1. The van der Waals surface area contributed by atoms with Crippen molar-refractivity contribution in [2.75, 3.05) is 7.11 Å². The molecule has 0 radical (unpaired) electrons. The lowest BCUT2D eigenvalue weighted by molar-refractivity contribution is -0.697. The van der Waals surface area contributed by atoms with Crippen molar-refractivity contribution in [2.45, 2.75) is 64.8 Å². The minimum absolute atomic E-state index is 0.859. The molecule has 1 heterocycles. The highest BCUT2D eigenvalue weighted by atomic mass is 16.5. The van der Waals surface area contributed by atoms with E-state index in [0.717, 1.165) is 23.4 Å². The Morgan fingerprint density at radius 1 is 0.731 bits per heavy atom. The molecule has 0 spiro atoms. The van der Waals surface area contributed by atoms with Crippen LogP contribution in [0.2, 0.25) is 0 Å². The van der Waals surface area contributed by atoms with E-state index in [2.05, 4.69) is 47.9 Å². The number of benzene rings is 1. The van der Waals surface area contributed by atoms with Crippen LogP contribution >= 0.6 is 0 Å². The lowest BCUT2D eigenvalue weighted by Gasteiger charge is -2.00. The van der Waals surface area contributed by atoms with Crippen LogP contribution in [0.4, 0.5) is 0 Å². The van der Waals surface area contributed by atoms with Gasteiger partial charge in [0.1, 0.15) is 12.3 Å². The van der Waals surface area contributed by atoms with Crippen molar-refractivity contribution in [1.29, 1.82) is 0 Å². The first kappa shape index (κ1) is 20.0. The molecule has 2 rings (SSSR count). The van der Waals surface area contributed by atoms with Gasteiger partial charge < -0.3 is 4.74 Å². The summed E-state index contributed by atoms with van der Waals surface area (Å²) in [5, 5.41) is 0. The summed E-state index contributed by atoms with van der Waals surface area (Å²) in [6.45, 7) is 3.37. The van der Waals surface area contributed by atoms with Crippen molar-refractivity contribution in [1.82, 2.24) is 0 Å². The van der Waals surface area contributed by atoms with Crippen molar-refractivity contribution < 1.29 is 9.30 Å². The zero-order valence-electron chi connectivity index (χ0n) is 16.3. The van der Waals surface area contributed by atoms with Gasteiger partial charge in [0.2, 0.25) is 0 Å². The predicted molar refractivity (Wildman–Crippen MR) is 108 cm³/mol. The number of ether oxygens (including phenoxy) is 1. The summed E-state index contributed by atoms with van der Waals surface area (Å²) in [5.41, 5.74) is 2.05. The molecule has 0 saturated heterocycles. The van der Waals surface area contributed by atoms with Crippen LogP contribution in [0.15, 0.2) is 48.8 Å². The number of rotatable bonds is 10. The molecule has 0 aliphatic rings.